The molecule has 4 rings (SSSR count). The minimum absolute atomic E-state index is 0.00823. The zero-order valence-corrected chi connectivity index (χ0v) is 12.3. The molecular weight excluding hydrogens is 322 g/mol. The standard InChI is InChI=1S/C10H11N11O3/c1-2-4-3-11-19-12-5(4)6-9(17-23-15-6)22-10-7(16-24-18-10)8-13-20-21-14-8/h11-12,19H,2-3H2,1H3,(H,13,14,20,21). The summed E-state index contributed by atoms with van der Waals surface area (Å²) in [5.41, 5.74) is 11.0. The molecule has 0 unspecified atom stereocenters. The van der Waals surface area contributed by atoms with E-state index in [0.29, 0.717) is 17.9 Å². The number of nitrogens with one attached hydrogen (secondary N) is 4. The second kappa shape index (κ2) is 6.01. The van der Waals surface area contributed by atoms with Crippen molar-refractivity contribution in [3.05, 3.63) is 11.3 Å². The van der Waals surface area contributed by atoms with E-state index < -0.39 is 0 Å². The van der Waals surface area contributed by atoms with Crippen molar-refractivity contribution >= 4 is 5.70 Å². The van der Waals surface area contributed by atoms with Crippen LogP contribution in [0.1, 0.15) is 19.0 Å². The van der Waals surface area contributed by atoms with E-state index in [9.17, 15) is 0 Å². The number of aromatic nitrogens is 8. The molecule has 1 aliphatic rings. The summed E-state index contributed by atoms with van der Waals surface area (Å²) in [6.07, 6.45) is 0.795. The number of hydrogen-bond acceptors (Lipinski definition) is 13. The van der Waals surface area contributed by atoms with Gasteiger partial charge in [0.05, 0.1) is 5.70 Å². The maximum atomic E-state index is 5.61. The highest BCUT2D eigenvalue weighted by molar-refractivity contribution is 5.68. The molecule has 14 nitrogen and oxygen atoms in total. The quantitative estimate of drug-likeness (QED) is 0.454. The summed E-state index contributed by atoms with van der Waals surface area (Å²) in [5.74, 6) is 0.265. The Morgan fingerprint density at radius 3 is 2.62 bits per heavy atom. The average molecular weight is 333 g/mol. The third kappa shape index (κ3) is 2.44. The maximum absolute atomic E-state index is 5.61. The van der Waals surface area contributed by atoms with Crippen LogP contribution in [0.3, 0.4) is 0 Å². The molecule has 0 saturated carbocycles. The van der Waals surface area contributed by atoms with E-state index in [0.717, 1.165) is 12.0 Å². The van der Waals surface area contributed by atoms with Gasteiger partial charge in [0.1, 0.15) is 0 Å². The van der Waals surface area contributed by atoms with Crippen LogP contribution in [0, 0.1) is 0 Å². The second-order valence-electron chi connectivity index (χ2n) is 4.61. The monoisotopic (exact) mass is 333 g/mol. The predicted octanol–water partition coefficient (Wildman–Crippen LogP) is -0.841. The number of H-pyrrole nitrogens is 1. The SMILES string of the molecule is CCC1=C(c2nonc2Oc2nonc2-c2nn[nH]n2)NNNC1. The van der Waals surface area contributed by atoms with Crippen LogP contribution in [0.15, 0.2) is 14.8 Å². The first-order chi connectivity index (χ1) is 11.9. The second-order valence-corrected chi connectivity index (χ2v) is 4.61. The lowest BCUT2D eigenvalue weighted by atomic mass is 10.1. The van der Waals surface area contributed by atoms with Crippen molar-refractivity contribution in [3.63, 3.8) is 0 Å². The van der Waals surface area contributed by atoms with Crippen molar-refractivity contribution < 1.29 is 14.0 Å². The van der Waals surface area contributed by atoms with Crippen LogP contribution < -0.4 is 21.1 Å². The van der Waals surface area contributed by atoms with Gasteiger partial charge in [-0.25, -0.2) is 14.7 Å². The van der Waals surface area contributed by atoms with Crippen molar-refractivity contribution in [2.45, 2.75) is 13.3 Å². The van der Waals surface area contributed by atoms with Gasteiger partial charge >= 0.3 is 0 Å². The van der Waals surface area contributed by atoms with Gasteiger partial charge in [-0.1, -0.05) is 6.92 Å². The fourth-order valence-electron chi connectivity index (χ4n) is 2.10. The van der Waals surface area contributed by atoms with Crippen LogP contribution in [0.2, 0.25) is 0 Å². The Labute approximate surface area is 132 Å². The molecule has 0 spiro atoms. The lowest BCUT2D eigenvalue weighted by molar-refractivity contribution is 0.272. The molecular formula is C10H11N11O3. The molecule has 0 amide bonds. The minimum atomic E-state index is 0.00823. The average Bonchev–Trinajstić information content (AvgIpc) is 3.36. The molecule has 0 fully saturated rings. The van der Waals surface area contributed by atoms with Gasteiger partial charge in [-0.05, 0) is 37.8 Å². The Morgan fingerprint density at radius 1 is 1.08 bits per heavy atom. The van der Waals surface area contributed by atoms with Gasteiger partial charge in [-0.15, -0.1) is 10.2 Å². The van der Waals surface area contributed by atoms with Gasteiger partial charge in [-0.2, -0.15) is 10.7 Å². The fraction of sp³-hybridized carbons (Fsp3) is 0.300. The van der Waals surface area contributed by atoms with Crippen molar-refractivity contribution in [1.29, 1.82) is 0 Å². The van der Waals surface area contributed by atoms with Crippen LogP contribution >= 0.6 is 0 Å². The first kappa shape index (κ1) is 14.2. The first-order valence-corrected chi connectivity index (χ1v) is 6.90. The van der Waals surface area contributed by atoms with Crippen molar-refractivity contribution in [2.24, 2.45) is 0 Å². The summed E-state index contributed by atoms with van der Waals surface area (Å²) in [5, 5.41) is 28.3. The Morgan fingerprint density at radius 2 is 1.88 bits per heavy atom. The fourth-order valence-corrected chi connectivity index (χ4v) is 2.10. The lowest BCUT2D eigenvalue weighted by Gasteiger charge is -2.21. The van der Waals surface area contributed by atoms with Crippen LogP contribution in [-0.2, 0) is 0 Å². The van der Waals surface area contributed by atoms with Crippen molar-refractivity contribution in [3.8, 4) is 23.3 Å². The van der Waals surface area contributed by atoms with Gasteiger partial charge in [0.25, 0.3) is 11.8 Å². The highest BCUT2D eigenvalue weighted by Gasteiger charge is 2.26. The van der Waals surface area contributed by atoms with Gasteiger partial charge in [-0.3, -0.25) is 0 Å². The molecule has 0 bridgehead atoms. The first-order valence-electron chi connectivity index (χ1n) is 6.90. The topological polar surface area (TPSA) is 178 Å². The van der Waals surface area contributed by atoms with E-state index in [1.54, 1.807) is 0 Å². The number of rotatable bonds is 5. The maximum Gasteiger partial charge on any atom is 0.294 e. The highest BCUT2D eigenvalue weighted by Crippen LogP contribution is 2.31. The normalized spacial score (nSPS) is 14.7. The molecule has 0 aliphatic carbocycles. The van der Waals surface area contributed by atoms with Gasteiger partial charge in [0, 0.05) is 6.54 Å². The molecule has 4 heterocycles. The summed E-state index contributed by atoms with van der Waals surface area (Å²) in [7, 11) is 0. The molecule has 3 aromatic rings. The summed E-state index contributed by atoms with van der Waals surface area (Å²) < 4.78 is 15.1. The molecule has 3 aromatic heterocycles. The highest BCUT2D eigenvalue weighted by atomic mass is 16.6. The van der Waals surface area contributed by atoms with Crippen LogP contribution in [0.5, 0.6) is 11.8 Å². The molecule has 4 N–H and O–H groups in total. The minimum Gasteiger partial charge on any atom is -0.410 e. The number of ether oxygens (including phenoxy) is 1. The van der Waals surface area contributed by atoms with E-state index in [4.69, 9.17) is 9.37 Å². The van der Waals surface area contributed by atoms with Crippen LogP contribution in [0.25, 0.3) is 17.2 Å². The van der Waals surface area contributed by atoms with Crippen LogP contribution in [0.4, 0.5) is 0 Å². The van der Waals surface area contributed by atoms with Gasteiger partial charge < -0.3 is 10.2 Å². The summed E-state index contributed by atoms with van der Waals surface area (Å²) in [4.78, 5) is 0. The zero-order chi connectivity index (χ0) is 16.4. The zero-order valence-electron chi connectivity index (χ0n) is 12.3. The summed E-state index contributed by atoms with van der Waals surface area (Å²) >= 11 is 0. The molecule has 0 saturated heterocycles. The van der Waals surface area contributed by atoms with Crippen molar-refractivity contribution in [2.75, 3.05) is 6.54 Å². The largest absolute Gasteiger partial charge is 0.410 e. The molecule has 124 valence electrons. The third-order valence-corrected chi connectivity index (χ3v) is 3.26. The molecule has 1 aliphatic heterocycles. The molecule has 24 heavy (non-hydrogen) atoms. The lowest BCUT2D eigenvalue weighted by Crippen LogP contribution is -2.47. The number of tetrazole rings is 1. The molecule has 0 atom stereocenters. The van der Waals surface area contributed by atoms with Crippen molar-refractivity contribution in [1.82, 2.24) is 57.6 Å². The van der Waals surface area contributed by atoms with E-state index >= 15 is 0 Å². The smallest absolute Gasteiger partial charge is 0.294 e. The number of aromatic amines is 1. The van der Waals surface area contributed by atoms with Crippen LogP contribution in [-0.4, -0.2) is 47.8 Å². The number of hydrogen-bond donors (Lipinski definition) is 4. The summed E-state index contributed by atoms with van der Waals surface area (Å²) in [6, 6.07) is 0. The van der Waals surface area contributed by atoms with Gasteiger partial charge in [0.15, 0.2) is 5.69 Å². The molecule has 0 radical (unpaired) electrons. The predicted molar refractivity (Wildman–Crippen MR) is 73.3 cm³/mol. The Hall–Kier alpha value is -3.39. The van der Waals surface area contributed by atoms with E-state index in [1.807, 2.05) is 6.92 Å². The van der Waals surface area contributed by atoms with E-state index in [-0.39, 0.29) is 23.3 Å². The Balaban J connectivity index is 1.67. The molecule has 0 aromatic carbocycles. The third-order valence-electron chi connectivity index (χ3n) is 3.26. The van der Waals surface area contributed by atoms with Gasteiger partial charge in [0.2, 0.25) is 11.5 Å². The van der Waals surface area contributed by atoms with E-state index in [1.165, 1.54) is 0 Å². The number of nitrogens with zero attached hydrogens (tertiary/aromatic N) is 7. The number of hydrazine groups is 2. The van der Waals surface area contributed by atoms with E-state index in [2.05, 4.69) is 62.3 Å². The Bertz CT molecular complexity index is 851. The Kier molecular flexibility index (Phi) is 3.56. The molecule has 14 heteroatoms. The summed E-state index contributed by atoms with van der Waals surface area (Å²) in [6.45, 7) is 2.65.